The normalized spacial score (nSPS) is 23.2. The molecule has 0 radical (unpaired) electrons. The van der Waals surface area contributed by atoms with Crippen LogP contribution in [0.1, 0.15) is 24.8 Å². The second-order valence-corrected chi connectivity index (χ2v) is 6.54. The van der Waals surface area contributed by atoms with Gasteiger partial charge >= 0.3 is 6.03 Å². The average molecular weight is 332 g/mol. The average Bonchev–Trinajstić information content (AvgIpc) is 2.59. The number of urea groups is 1. The van der Waals surface area contributed by atoms with E-state index in [0.29, 0.717) is 24.8 Å². The standard InChI is InChI=1S/C17H24N4O3/c1-12-4-3-7-18-16(12)24-11-13-5-8-21(9-6-13)14-10-15(22)20(2)17(23)19-14/h3-4,7,13-14H,5-6,8-11H2,1-2H3,(H,19,23). The van der Waals surface area contributed by atoms with Crippen LogP contribution in [0.15, 0.2) is 18.3 Å². The smallest absolute Gasteiger partial charge is 0.325 e. The minimum absolute atomic E-state index is 0.125. The van der Waals surface area contributed by atoms with Gasteiger partial charge in [-0.1, -0.05) is 6.07 Å². The van der Waals surface area contributed by atoms with Gasteiger partial charge in [0.05, 0.1) is 19.2 Å². The van der Waals surface area contributed by atoms with Crippen LogP contribution < -0.4 is 10.1 Å². The van der Waals surface area contributed by atoms with Gasteiger partial charge in [-0.25, -0.2) is 9.78 Å². The summed E-state index contributed by atoms with van der Waals surface area (Å²) in [6, 6.07) is 3.58. The summed E-state index contributed by atoms with van der Waals surface area (Å²) in [4.78, 5) is 31.2. The number of hydrogen-bond donors (Lipinski definition) is 1. The van der Waals surface area contributed by atoms with Crippen molar-refractivity contribution in [1.82, 2.24) is 20.1 Å². The number of nitrogens with zero attached hydrogens (tertiary/aromatic N) is 3. The van der Waals surface area contributed by atoms with Crippen molar-refractivity contribution in [3.63, 3.8) is 0 Å². The fourth-order valence-electron chi connectivity index (χ4n) is 3.18. The first-order valence-electron chi connectivity index (χ1n) is 8.40. The summed E-state index contributed by atoms with van der Waals surface area (Å²) in [6.45, 7) is 4.36. The molecule has 0 spiro atoms. The van der Waals surface area contributed by atoms with Crippen molar-refractivity contribution >= 4 is 11.9 Å². The molecular formula is C17H24N4O3. The number of ether oxygens (including phenoxy) is 1. The minimum atomic E-state index is -0.313. The van der Waals surface area contributed by atoms with Crippen molar-refractivity contribution in [3.05, 3.63) is 23.9 Å². The van der Waals surface area contributed by atoms with E-state index < -0.39 is 0 Å². The van der Waals surface area contributed by atoms with Crippen molar-refractivity contribution in [1.29, 1.82) is 0 Å². The molecular weight excluding hydrogens is 308 g/mol. The summed E-state index contributed by atoms with van der Waals surface area (Å²) < 4.78 is 5.85. The van der Waals surface area contributed by atoms with E-state index >= 15 is 0 Å². The monoisotopic (exact) mass is 332 g/mol. The van der Waals surface area contributed by atoms with E-state index in [1.165, 1.54) is 7.05 Å². The van der Waals surface area contributed by atoms with E-state index in [4.69, 9.17) is 4.74 Å². The molecule has 1 aromatic rings. The Bertz CT molecular complexity index is 596. The Morgan fingerprint density at radius 1 is 1.33 bits per heavy atom. The largest absolute Gasteiger partial charge is 0.477 e. The fraction of sp³-hybridized carbons (Fsp3) is 0.588. The maximum absolute atomic E-state index is 11.8. The molecule has 1 N–H and O–H groups in total. The highest BCUT2D eigenvalue weighted by atomic mass is 16.5. The topological polar surface area (TPSA) is 74.8 Å². The highest BCUT2D eigenvalue weighted by Crippen LogP contribution is 2.22. The quantitative estimate of drug-likeness (QED) is 0.901. The van der Waals surface area contributed by atoms with Crippen molar-refractivity contribution < 1.29 is 14.3 Å². The summed E-state index contributed by atoms with van der Waals surface area (Å²) in [7, 11) is 1.51. The van der Waals surface area contributed by atoms with Crippen LogP contribution in [0, 0.1) is 12.8 Å². The third kappa shape index (κ3) is 3.67. The minimum Gasteiger partial charge on any atom is -0.477 e. The van der Waals surface area contributed by atoms with Crippen molar-refractivity contribution in [3.8, 4) is 5.88 Å². The van der Waals surface area contributed by atoms with E-state index in [-0.39, 0.29) is 18.1 Å². The molecule has 130 valence electrons. The lowest BCUT2D eigenvalue weighted by atomic mass is 9.97. The molecule has 2 aliphatic rings. The molecule has 3 heterocycles. The first-order chi connectivity index (χ1) is 11.5. The highest BCUT2D eigenvalue weighted by molar-refractivity contribution is 5.96. The van der Waals surface area contributed by atoms with Gasteiger partial charge in [-0.05, 0) is 31.7 Å². The van der Waals surface area contributed by atoms with Gasteiger partial charge in [0.25, 0.3) is 0 Å². The number of aryl methyl sites for hydroxylation is 1. The molecule has 0 aromatic carbocycles. The fourth-order valence-corrected chi connectivity index (χ4v) is 3.18. The van der Waals surface area contributed by atoms with E-state index in [2.05, 4.69) is 15.2 Å². The van der Waals surface area contributed by atoms with Crippen molar-refractivity contribution in [2.45, 2.75) is 32.4 Å². The highest BCUT2D eigenvalue weighted by Gasteiger charge is 2.34. The summed E-state index contributed by atoms with van der Waals surface area (Å²) in [5, 5.41) is 2.90. The lowest BCUT2D eigenvalue weighted by Gasteiger charge is -2.40. The van der Waals surface area contributed by atoms with Gasteiger partial charge in [0.2, 0.25) is 11.8 Å². The Kier molecular flexibility index (Phi) is 4.99. The van der Waals surface area contributed by atoms with Gasteiger partial charge in [-0.2, -0.15) is 0 Å². The number of hydrogen-bond acceptors (Lipinski definition) is 5. The third-order valence-electron chi connectivity index (χ3n) is 4.84. The maximum atomic E-state index is 11.8. The molecule has 1 aromatic heterocycles. The van der Waals surface area contributed by atoms with Crippen molar-refractivity contribution in [2.75, 3.05) is 26.7 Å². The molecule has 1 unspecified atom stereocenters. The van der Waals surface area contributed by atoms with Gasteiger partial charge in [0, 0.05) is 31.9 Å². The lowest BCUT2D eigenvalue weighted by molar-refractivity contribution is -0.130. The first kappa shape index (κ1) is 16.7. The van der Waals surface area contributed by atoms with Crippen LogP contribution in [0.2, 0.25) is 0 Å². The molecule has 0 aliphatic carbocycles. The summed E-state index contributed by atoms with van der Waals surface area (Å²) >= 11 is 0. The number of rotatable bonds is 4. The number of carbonyl (C=O) groups excluding carboxylic acids is 2. The summed E-state index contributed by atoms with van der Waals surface area (Å²) in [5.41, 5.74) is 1.04. The number of likely N-dealkylation sites (tertiary alicyclic amines) is 1. The van der Waals surface area contributed by atoms with Crippen LogP contribution in [0.4, 0.5) is 4.79 Å². The van der Waals surface area contributed by atoms with Gasteiger partial charge in [-0.15, -0.1) is 0 Å². The zero-order valence-corrected chi connectivity index (χ0v) is 14.2. The van der Waals surface area contributed by atoms with Crippen LogP contribution in [0.3, 0.4) is 0 Å². The number of imide groups is 1. The molecule has 3 amide bonds. The molecule has 0 bridgehead atoms. The van der Waals surface area contributed by atoms with Crippen LogP contribution in [-0.4, -0.2) is 59.6 Å². The van der Waals surface area contributed by atoms with Crippen LogP contribution in [0.25, 0.3) is 0 Å². The zero-order valence-electron chi connectivity index (χ0n) is 14.2. The van der Waals surface area contributed by atoms with Gasteiger partial charge in [0.1, 0.15) is 0 Å². The van der Waals surface area contributed by atoms with Crippen molar-refractivity contribution in [2.24, 2.45) is 5.92 Å². The lowest BCUT2D eigenvalue weighted by Crippen LogP contribution is -2.60. The van der Waals surface area contributed by atoms with Gasteiger partial charge in [-0.3, -0.25) is 14.6 Å². The van der Waals surface area contributed by atoms with Crippen LogP contribution in [0.5, 0.6) is 5.88 Å². The van der Waals surface area contributed by atoms with Gasteiger partial charge < -0.3 is 10.1 Å². The Morgan fingerprint density at radius 3 is 2.75 bits per heavy atom. The van der Waals surface area contributed by atoms with Crippen LogP contribution >= 0.6 is 0 Å². The maximum Gasteiger partial charge on any atom is 0.325 e. The predicted octanol–water partition coefficient (Wildman–Crippen LogP) is 1.38. The third-order valence-corrected chi connectivity index (χ3v) is 4.84. The number of carbonyl (C=O) groups is 2. The number of piperidine rings is 1. The molecule has 0 saturated carbocycles. The molecule has 2 saturated heterocycles. The molecule has 7 nitrogen and oxygen atoms in total. The molecule has 3 rings (SSSR count). The molecule has 2 aliphatic heterocycles. The Balaban J connectivity index is 1.47. The van der Waals surface area contributed by atoms with E-state index in [0.717, 1.165) is 36.4 Å². The number of amides is 3. The molecule has 24 heavy (non-hydrogen) atoms. The second kappa shape index (κ2) is 7.17. The molecule has 7 heteroatoms. The summed E-state index contributed by atoms with van der Waals surface area (Å²) in [5.74, 6) is 1.05. The van der Waals surface area contributed by atoms with E-state index in [1.807, 2.05) is 19.1 Å². The first-order valence-corrected chi connectivity index (χ1v) is 8.40. The zero-order chi connectivity index (χ0) is 17.1. The summed E-state index contributed by atoms with van der Waals surface area (Å²) in [6.07, 6.45) is 3.88. The van der Waals surface area contributed by atoms with E-state index in [1.54, 1.807) is 6.20 Å². The SMILES string of the molecule is Cc1cccnc1OCC1CCN(C2CC(=O)N(C)C(=O)N2)CC1. The Labute approximate surface area is 142 Å². The number of aromatic nitrogens is 1. The number of pyridine rings is 1. The number of nitrogens with one attached hydrogen (secondary N) is 1. The van der Waals surface area contributed by atoms with E-state index in [9.17, 15) is 9.59 Å². The molecule has 1 atom stereocenters. The Morgan fingerprint density at radius 2 is 2.08 bits per heavy atom. The Hall–Kier alpha value is -2.15. The van der Waals surface area contributed by atoms with Gasteiger partial charge in [0.15, 0.2) is 0 Å². The van der Waals surface area contributed by atoms with Crippen LogP contribution in [-0.2, 0) is 4.79 Å². The molecule has 2 fully saturated rings. The predicted molar refractivity (Wildman–Crippen MR) is 88.5 cm³/mol. The second-order valence-electron chi connectivity index (χ2n) is 6.54.